The Morgan fingerprint density at radius 1 is 0.947 bits per heavy atom. The SMILES string of the molecule is CC1CCCC(N2CCC(NCC3CC3)CC2)C1C. The summed E-state index contributed by atoms with van der Waals surface area (Å²) in [7, 11) is 0. The third kappa shape index (κ3) is 3.52. The lowest BCUT2D eigenvalue weighted by atomic mass is 9.77. The van der Waals surface area contributed by atoms with E-state index in [1.165, 1.54) is 64.6 Å². The number of piperidine rings is 1. The molecule has 1 heterocycles. The lowest BCUT2D eigenvalue weighted by Gasteiger charge is -2.44. The zero-order valence-electron chi connectivity index (χ0n) is 12.9. The highest BCUT2D eigenvalue weighted by atomic mass is 15.2. The topological polar surface area (TPSA) is 15.3 Å². The molecule has 19 heavy (non-hydrogen) atoms. The molecule has 1 N–H and O–H groups in total. The molecule has 2 heteroatoms. The van der Waals surface area contributed by atoms with Gasteiger partial charge in [0.15, 0.2) is 0 Å². The molecule has 0 amide bonds. The van der Waals surface area contributed by atoms with E-state index in [-0.39, 0.29) is 0 Å². The molecule has 3 rings (SSSR count). The normalized spacial score (nSPS) is 38.5. The molecule has 0 spiro atoms. The summed E-state index contributed by atoms with van der Waals surface area (Å²) in [6.07, 6.45) is 10.1. The van der Waals surface area contributed by atoms with E-state index in [0.717, 1.165) is 29.8 Å². The highest BCUT2D eigenvalue weighted by molar-refractivity contribution is 4.89. The Balaban J connectivity index is 1.43. The van der Waals surface area contributed by atoms with Crippen LogP contribution in [0.2, 0.25) is 0 Å². The first-order valence-electron chi connectivity index (χ1n) is 8.71. The van der Waals surface area contributed by atoms with E-state index in [0.29, 0.717) is 0 Å². The Morgan fingerprint density at radius 2 is 1.68 bits per heavy atom. The van der Waals surface area contributed by atoms with Crippen LogP contribution in [0.5, 0.6) is 0 Å². The summed E-state index contributed by atoms with van der Waals surface area (Å²) in [5.41, 5.74) is 0. The maximum Gasteiger partial charge on any atom is 0.0123 e. The lowest BCUT2D eigenvalue weighted by molar-refractivity contribution is 0.0579. The first-order chi connectivity index (χ1) is 9.24. The molecule has 3 unspecified atom stereocenters. The van der Waals surface area contributed by atoms with Gasteiger partial charge in [-0.2, -0.15) is 0 Å². The summed E-state index contributed by atoms with van der Waals surface area (Å²) in [4.78, 5) is 2.82. The number of hydrogen-bond donors (Lipinski definition) is 1. The van der Waals surface area contributed by atoms with Gasteiger partial charge in [0.05, 0.1) is 0 Å². The van der Waals surface area contributed by atoms with Crippen molar-refractivity contribution in [2.75, 3.05) is 19.6 Å². The van der Waals surface area contributed by atoms with Crippen molar-refractivity contribution >= 4 is 0 Å². The second-order valence-corrected chi connectivity index (χ2v) is 7.50. The van der Waals surface area contributed by atoms with Crippen LogP contribution >= 0.6 is 0 Å². The minimum absolute atomic E-state index is 0.813. The number of nitrogens with zero attached hydrogens (tertiary/aromatic N) is 1. The molecule has 3 fully saturated rings. The Bertz CT molecular complexity index is 279. The van der Waals surface area contributed by atoms with Gasteiger partial charge in [0.25, 0.3) is 0 Å². The van der Waals surface area contributed by atoms with E-state index in [2.05, 4.69) is 24.1 Å². The fraction of sp³-hybridized carbons (Fsp3) is 1.00. The first-order valence-corrected chi connectivity index (χ1v) is 8.71. The van der Waals surface area contributed by atoms with Crippen molar-refractivity contribution < 1.29 is 0 Å². The largest absolute Gasteiger partial charge is 0.314 e. The van der Waals surface area contributed by atoms with Crippen molar-refractivity contribution in [3.05, 3.63) is 0 Å². The molecule has 0 aromatic heterocycles. The van der Waals surface area contributed by atoms with Gasteiger partial charge < -0.3 is 5.32 Å². The first kappa shape index (κ1) is 13.9. The van der Waals surface area contributed by atoms with Crippen molar-refractivity contribution in [3.63, 3.8) is 0 Å². The van der Waals surface area contributed by atoms with E-state index in [1.807, 2.05) is 0 Å². The molecule has 3 aliphatic rings. The van der Waals surface area contributed by atoms with Gasteiger partial charge in [-0.15, -0.1) is 0 Å². The summed E-state index contributed by atoms with van der Waals surface area (Å²) in [6.45, 7) is 8.92. The van der Waals surface area contributed by atoms with Gasteiger partial charge in [-0.3, -0.25) is 4.90 Å². The molecule has 0 aromatic rings. The second-order valence-electron chi connectivity index (χ2n) is 7.50. The number of hydrogen-bond acceptors (Lipinski definition) is 2. The van der Waals surface area contributed by atoms with Crippen molar-refractivity contribution in [1.29, 1.82) is 0 Å². The summed E-state index contributed by atoms with van der Waals surface area (Å²) >= 11 is 0. The minimum Gasteiger partial charge on any atom is -0.314 e. The van der Waals surface area contributed by atoms with Crippen LogP contribution in [0.15, 0.2) is 0 Å². The van der Waals surface area contributed by atoms with Crippen LogP contribution in [-0.2, 0) is 0 Å². The molecule has 0 radical (unpaired) electrons. The monoisotopic (exact) mass is 264 g/mol. The van der Waals surface area contributed by atoms with E-state index in [1.54, 1.807) is 0 Å². The van der Waals surface area contributed by atoms with Crippen LogP contribution in [0.1, 0.15) is 58.8 Å². The van der Waals surface area contributed by atoms with Crippen molar-refractivity contribution in [2.45, 2.75) is 70.9 Å². The smallest absolute Gasteiger partial charge is 0.0123 e. The van der Waals surface area contributed by atoms with Gasteiger partial charge in [-0.25, -0.2) is 0 Å². The average Bonchev–Trinajstić information content (AvgIpc) is 3.25. The van der Waals surface area contributed by atoms with Gasteiger partial charge >= 0.3 is 0 Å². The van der Waals surface area contributed by atoms with Gasteiger partial charge in [-0.1, -0.05) is 26.7 Å². The molecule has 2 nitrogen and oxygen atoms in total. The predicted molar refractivity (Wildman–Crippen MR) is 81.3 cm³/mol. The highest BCUT2D eigenvalue weighted by Gasteiger charge is 2.33. The number of likely N-dealkylation sites (tertiary alicyclic amines) is 1. The summed E-state index contributed by atoms with van der Waals surface area (Å²) in [5, 5.41) is 3.80. The summed E-state index contributed by atoms with van der Waals surface area (Å²) in [6, 6.07) is 1.70. The highest BCUT2D eigenvalue weighted by Crippen LogP contribution is 2.34. The van der Waals surface area contributed by atoms with Crippen molar-refractivity contribution in [2.24, 2.45) is 17.8 Å². The molecule has 110 valence electrons. The van der Waals surface area contributed by atoms with Crippen LogP contribution < -0.4 is 5.32 Å². The molecule has 2 saturated carbocycles. The minimum atomic E-state index is 0.813. The lowest BCUT2D eigenvalue weighted by Crippen LogP contribution is -2.50. The van der Waals surface area contributed by atoms with E-state index in [9.17, 15) is 0 Å². The zero-order chi connectivity index (χ0) is 13.2. The molecule has 2 aliphatic carbocycles. The van der Waals surface area contributed by atoms with Crippen molar-refractivity contribution in [1.82, 2.24) is 10.2 Å². The Morgan fingerprint density at radius 3 is 2.37 bits per heavy atom. The van der Waals surface area contributed by atoms with Gasteiger partial charge in [0.1, 0.15) is 0 Å². The third-order valence-electron chi connectivity index (χ3n) is 6.05. The fourth-order valence-corrected chi connectivity index (χ4v) is 4.16. The molecular formula is C17H32N2. The van der Waals surface area contributed by atoms with Crippen molar-refractivity contribution in [3.8, 4) is 0 Å². The zero-order valence-corrected chi connectivity index (χ0v) is 12.9. The van der Waals surface area contributed by atoms with Gasteiger partial charge in [-0.05, 0) is 69.5 Å². The fourth-order valence-electron chi connectivity index (χ4n) is 4.16. The molecule has 0 bridgehead atoms. The molecule has 0 aromatic carbocycles. The van der Waals surface area contributed by atoms with Crippen LogP contribution in [0, 0.1) is 17.8 Å². The standard InChI is InChI=1S/C17H32N2/c1-13-4-3-5-17(14(13)2)19-10-8-16(9-11-19)18-12-15-6-7-15/h13-18H,3-12H2,1-2H3. The van der Waals surface area contributed by atoms with Crippen LogP contribution in [0.3, 0.4) is 0 Å². The quantitative estimate of drug-likeness (QED) is 0.838. The molecule has 1 aliphatic heterocycles. The third-order valence-corrected chi connectivity index (χ3v) is 6.05. The van der Waals surface area contributed by atoms with Crippen LogP contribution in [-0.4, -0.2) is 36.6 Å². The van der Waals surface area contributed by atoms with Gasteiger partial charge in [0, 0.05) is 12.1 Å². The maximum atomic E-state index is 3.80. The Kier molecular flexibility index (Phi) is 4.48. The molecular weight excluding hydrogens is 232 g/mol. The van der Waals surface area contributed by atoms with E-state index >= 15 is 0 Å². The number of nitrogens with one attached hydrogen (secondary N) is 1. The number of rotatable bonds is 4. The Labute approximate surface area is 119 Å². The maximum absolute atomic E-state index is 3.80. The van der Waals surface area contributed by atoms with E-state index in [4.69, 9.17) is 0 Å². The summed E-state index contributed by atoms with van der Waals surface area (Å²) in [5.74, 6) is 2.87. The van der Waals surface area contributed by atoms with E-state index < -0.39 is 0 Å². The molecule has 1 saturated heterocycles. The molecule has 3 atom stereocenters. The van der Waals surface area contributed by atoms with Crippen LogP contribution in [0.25, 0.3) is 0 Å². The Hall–Kier alpha value is -0.0800. The summed E-state index contributed by atoms with van der Waals surface area (Å²) < 4.78 is 0. The average molecular weight is 264 g/mol. The second kappa shape index (κ2) is 6.13. The van der Waals surface area contributed by atoms with Gasteiger partial charge in [0.2, 0.25) is 0 Å². The van der Waals surface area contributed by atoms with Crippen LogP contribution in [0.4, 0.5) is 0 Å². The predicted octanol–water partition coefficient (Wildman–Crippen LogP) is 3.28.